The van der Waals surface area contributed by atoms with Gasteiger partial charge in [-0.25, -0.2) is 0 Å². The molecule has 2 nitrogen and oxygen atoms in total. The van der Waals surface area contributed by atoms with Gasteiger partial charge in [0.15, 0.2) is 0 Å². The van der Waals surface area contributed by atoms with E-state index in [0.29, 0.717) is 12.0 Å². The molecule has 3 rings (SSSR count). The monoisotopic (exact) mass is 447 g/mol. The van der Waals surface area contributed by atoms with Gasteiger partial charge in [-0.1, -0.05) is 75.1 Å². The number of unbranched alkanes of at least 4 members (excludes halogenated alkanes) is 4. The number of hydrogen-bond acceptors (Lipinski definition) is 2. The predicted molar refractivity (Wildman–Crippen MR) is 139 cm³/mol. The number of allylic oxidation sites excluding steroid dienone is 4. The molecule has 0 amide bonds. The molecule has 2 saturated carbocycles. The molecule has 2 heteroatoms. The third-order valence-corrected chi connectivity index (χ3v) is 7.82. The molecule has 0 aromatic heterocycles. The van der Waals surface area contributed by atoms with Crippen LogP contribution >= 0.6 is 0 Å². The number of benzene rings is 1. The number of aryl methyl sites for hydroxylation is 1. The zero-order chi connectivity index (χ0) is 23.1. The third kappa shape index (κ3) is 9.50. The minimum Gasteiger partial charge on any atom is -0.378 e. The molecule has 0 N–H and O–H groups in total. The summed E-state index contributed by atoms with van der Waals surface area (Å²) in [6, 6.07) is 11.6. The van der Waals surface area contributed by atoms with Crippen molar-refractivity contribution in [2.45, 2.75) is 109 Å². The van der Waals surface area contributed by atoms with E-state index >= 15 is 0 Å². The van der Waals surface area contributed by atoms with Crippen LogP contribution in [0.15, 0.2) is 48.6 Å². The fourth-order valence-electron chi connectivity index (χ4n) is 5.59. The van der Waals surface area contributed by atoms with Gasteiger partial charge in [-0.2, -0.15) is 5.26 Å². The molecule has 1 aromatic carbocycles. The summed E-state index contributed by atoms with van der Waals surface area (Å²) >= 11 is 0. The van der Waals surface area contributed by atoms with E-state index in [-0.39, 0.29) is 0 Å². The Balaban J connectivity index is 1.29. The summed E-state index contributed by atoms with van der Waals surface area (Å²) in [6.07, 6.45) is 26.2. The molecule has 0 radical (unpaired) electrons. The van der Waals surface area contributed by atoms with Crippen molar-refractivity contribution in [2.24, 2.45) is 11.8 Å². The number of nitrogens with zero attached hydrogens (tertiary/aromatic N) is 1. The molecule has 2 aliphatic carbocycles. The first kappa shape index (κ1) is 25.8. The largest absolute Gasteiger partial charge is 0.378 e. The van der Waals surface area contributed by atoms with E-state index in [0.717, 1.165) is 18.4 Å². The number of hydrogen-bond donors (Lipinski definition) is 0. The Hall–Kier alpha value is -1.85. The predicted octanol–water partition coefficient (Wildman–Crippen LogP) is 8.68. The minimum absolute atomic E-state index is 0.455. The Kier molecular flexibility index (Phi) is 11.8. The van der Waals surface area contributed by atoms with E-state index in [2.05, 4.69) is 37.3 Å². The van der Waals surface area contributed by atoms with Gasteiger partial charge < -0.3 is 4.74 Å². The van der Waals surface area contributed by atoms with Crippen molar-refractivity contribution in [1.82, 2.24) is 0 Å². The second-order valence-electron chi connectivity index (χ2n) is 10.4. The van der Waals surface area contributed by atoms with Crippen LogP contribution in [0, 0.1) is 23.2 Å². The van der Waals surface area contributed by atoms with Crippen LogP contribution in [0.4, 0.5) is 0 Å². The second-order valence-corrected chi connectivity index (χ2v) is 10.4. The van der Waals surface area contributed by atoms with Crippen molar-refractivity contribution in [3.05, 3.63) is 59.7 Å². The molecule has 0 unspecified atom stereocenters. The maximum absolute atomic E-state index is 8.55. The Morgan fingerprint density at radius 2 is 1.61 bits per heavy atom. The molecule has 0 heterocycles. The molecule has 1 aromatic rings. The van der Waals surface area contributed by atoms with Gasteiger partial charge in [0.25, 0.3) is 0 Å². The van der Waals surface area contributed by atoms with Crippen LogP contribution in [0.5, 0.6) is 0 Å². The van der Waals surface area contributed by atoms with Gasteiger partial charge in [-0.15, -0.1) is 0 Å². The highest BCUT2D eigenvalue weighted by molar-refractivity contribution is 5.26. The SMILES string of the molecule is CCCCCCCc1ccc(C2CCC(COC3CCC(/C=C/C=C/C#N)CC3)CC2)cc1. The van der Waals surface area contributed by atoms with Crippen molar-refractivity contribution in [2.75, 3.05) is 6.61 Å². The van der Waals surface area contributed by atoms with Crippen LogP contribution in [0.3, 0.4) is 0 Å². The first-order valence-electron chi connectivity index (χ1n) is 13.7. The van der Waals surface area contributed by atoms with Crippen molar-refractivity contribution in [3.8, 4) is 6.07 Å². The molecule has 0 spiro atoms. The van der Waals surface area contributed by atoms with Gasteiger partial charge in [-0.3, -0.25) is 0 Å². The van der Waals surface area contributed by atoms with E-state index in [1.165, 1.54) is 102 Å². The molecule has 0 saturated heterocycles. The molecular weight excluding hydrogens is 402 g/mol. The smallest absolute Gasteiger partial charge is 0.0912 e. The zero-order valence-corrected chi connectivity index (χ0v) is 20.9. The number of ether oxygens (including phenoxy) is 1. The van der Waals surface area contributed by atoms with Crippen LogP contribution in [0.2, 0.25) is 0 Å². The number of rotatable bonds is 12. The van der Waals surface area contributed by atoms with Gasteiger partial charge >= 0.3 is 0 Å². The summed E-state index contributed by atoms with van der Waals surface area (Å²) in [5.74, 6) is 2.14. The molecule has 180 valence electrons. The molecule has 2 fully saturated rings. The highest BCUT2D eigenvalue weighted by Gasteiger charge is 2.25. The Morgan fingerprint density at radius 3 is 2.30 bits per heavy atom. The summed E-state index contributed by atoms with van der Waals surface area (Å²) in [4.78, 5) is 0. The molecule has 0 aliphatic heterocycles. The van der Waals surface area contributed by atoms with Gasteiger partial charge in [0, 0.05) is 12.7 Å². The quantitative estimate of drug-likeness (QED) is 0.182. The molecule has 0 atom stereocenters. The highest BCUT2D eigenvalue weighted by Crippen LogP contribution is 2.37. The zero-order valence-electron chi connectivity index (χ0n) is 20.9. The van der Waals surface area contributed by atoms with E-state index in [4.69, 9.17) is 10.00 Å². The Morgan fingerprint density at radius 1 is 0.879 bits per heavy atom. The molecule has 2 aliphatic rings. The van der Waals surface area contributed by atoms with Crippen molar-refractivity contribution in [3.63, 3.8) is 0 Å². The van der Waals surface area contributed by atoms with E-state index in [1.807, 2.05) is 18.2 Å². The summed E-state index contributed by atoms with van der Waals surface area (Å²) < 4.78 is 6.35. The van der Waals surface area contributed by atoms with Crippen LogP contribution in [-0.4, -0.2) is 12.7 Å². The van der Waals surface area contributed by atoms with E-state index in [1.54, 1.807) is 5.56 Å². The van der Waals surface area contributed by atoms with Gasteiger partial charge in [0.1, 0.15) is 0 Å². The van der Waals surface area contributed by atoms with Crippen molar-refractivity contribution >= 4 is 0 Å². The van der Waals surface area contributed by atoms with E-state index < -0.39 is 0 Å². The minimum atomic E-state index is 0.455. The maximum atomic E-state index is 8.55. The fourth-order valence-corrected chi connectivity index (χ4v) is 5.59. The van der Waals surface area contributed by atoms with Crippen molar-refractivity contribution in [1.29, 1.82) is 5.26 Å². The topological polar surface area (TPSA) is 33.0 Å². The second kappa shape index (κ2) is 15.1. The lowest BCUT2D eigenvalue weighted by molar-refractivity contribution is -0.00456. The van der Waals surface area contributed by atoms with E-state index in [9.17, 15) is 0 Å². The van der Waals surface area contributed by atoms with Gasteiger partial charge in [-0.05, 0) is 93.1 Å². The van der Waals surface area contributed by atoms with Crippen molar-refractivity contribution < 1.29 is 4.74 Å². The Bertz CT molecular complexity index is 740. The normalized spacial score (nSPS) is 26.1. The summed E-state index contributed by atoms with van der Waals surface area (Å²) in [5, 5.41) is 8.55. The first-order chi connectivity index (χ1) is 16.3. The fraction of sp³-hybridized carbons (Fsp3) is 0.645. The lowest BCUT2D eigenvalue weighted by atomic mass is 9.78. The maximum Gasteiger partial charge on any atom is 0.0912 e. The van der Waals surface area contributed by atoms with Crippen LogP contribution in [0.1, 0.15) is 107 Å². The van der Waals surface area contributed by atoms with Crippen LogP contribution < -0.4 is 0 Å². The summed E-state index contributed by atoms with van der Waals surface area (Å²) in [6.45, 7) is 3.24. The third-order valence-electron chi connectivity index (χ3n) is 7.82. The summed E-state index contributed by atoms with van der Waals surface area (Å²) in [5.41, 5.74) is 3.07. The highest BCUT2D eigenvalue weighted by atomic mass is 16.5. The van der Waals surface area contributed by atoms with Crippen LogP contribution in [-0.2, 0) is 11.2 Å². The lowest BCUT2D eigenvalue weighted by Gasteiger charge is -2.32. The van der Waals surface area contributed by atoms with Gasteiger partial charge in [0.2, 0.25) is 0 Å². The summed E-state index contributed by atoms with van der Waals surface area (Å²) in [7, 11) is 0. The number of nitriles is 1. The van der Waals surface area contributed by atoms with Gasteiger partial charge in [0.05, 0.1) is 12.2 Å². The average molecular weight is 448 g/mol. The average Bonchev–Trinajstić information content (AvgIpc) is 2.87. The first-order valence-corrected chi connectivity index (χ1v) is 13.7. The lowest BCUT2D eigenvalue weighted by Crippen LogP contribution is -2.25. The molecule has 0 bridgehead atoms. The Labute approximate surface area is 203 Å². The van der Waals surface area contributed by atoms with Crippen LogP contribution in [0.25, 0.3) is 0 Å². The molecular formula is C31H45NO. The molecule has 33 heavy (non-hydrogen) atoms. The standard InChI is InChI=1S/C31H45NO/c1-2-3-4-5-7-10-26-12-18-29(19-13-26)30-20-14-28(15-21-30)25-33-31-22-16-27(17-23-31)11-8-6-9-24-32/h6,8-9,11-13,18-19,27-28,30-31H,2-5,7,10,14-17,20-23,25H2,1H3/b9-6+,11-8+.